The van der Waals surface area contributed by atoms with Crippen molar-refractivity contribution in [1.82, 2.24) is 9.97 Å². The minimum Gasteiger partial charge on any atom is -0.493 e. The molecule has 0 aliphatic heterocycles. The summed E-state index contributed by atoms with van der Waals surface area (Å²) in [5.74, 6) is 2.56. The van der Waals surface area contributed by atoms with Gasteiger partial charge < -0.3 is 19.3 Å². The number of aliphatic hydroxyl groups is 1. The molecule has 0 fully saturated rings. The molecule has 6 heteroatoms. The summed E-state index contributed by atoms with van der Waals surface area (Å²) in [6.07, 6.45) is 0.504. The van der Waals surface area contributed by atoms with E-state index in [4.69, 9.17) is 14.2 Å². The second-order valence-corrected chi connectivity index (χ2v) is 6.37. The summed E-state index contributed by atoms with van der Waals surface area (Å²) in [6, 6.07) is 20.3. The number of ether oxygens (including phenoxy) is 3. The molecule has 0 unspecified atom stereocenters. The van der Waals surface area contributed by atoms with Crippen molar-refractivity contribution in [2.45, 2.75) is 6.10 Å². The van der Waals surface area contributed by atoms with Gasteiger partial charge in [-0.05, 0) is 35.9 Å². The van der Waals surface area contributed by atoms with Gasteiger partial charge in [0.2, 0.25) is 0 Å². The summed E-state index contributed by atoms with van der Waals surface area (Å²) in [6.45, 7) is 0. The Labute approximate surface area is 168 Å². The van der Waals surface area contributed by atoms with E-state index in [2.05, 4.69) is 9.97 Å². The molecule has 0 bridgehead atoms. The van der Waals surface area contributed by atoms with Gasteiger partial charge in [-0.25, -0.2) is 9.97 Å². The first-order chi connectivity index (χ1) is 14.2. The number of aromatic nitrogens is 2. The number of rotatable bonds is 6. The maximum Gasteiger partial charge on any atom is 0.162 e. The van der Waals surface area contributed by atoms with E-state index < -0.39 is 6.10 Å². The quantitative estimate of drug-likeness (QED) is 0.523. The molecule has 1 aromatic heterocycles. The van der Waals surface area contributed by atoms with E-state index >= 15 is 0 Å². The second-order valence-electron chi connectivity index (χ2n) is 6.37. The lowest BCUT2D eigenvalue weighted by Gasteiger charge is -2.15. The van der Waals surface area contributed by atoms with Gasteiger partial charge in [-0.15, -0.1) is 0 Å². The molecule has 1 N–H and O–H groups in total. The van der Waals surface area contributed by atoms with Gasteiger partial charge in [0.1, 0.15) is 23.9 Å². The first kappa shape index (κ1) is 18.7. The molecule has 1 atom stereocenters. The van der Waals surface area contributed by atoms with Crippen LogP contribution in [0.2, 0.25) is 0 Å². The van der Waals surface area contributed by atoms with Crippen LogP contribution in [0.15, 0.2) is 73.1 Å². The van der Waals surface area contributed by atoms with E-state index in [9.17, 15) is 5.11 Å². The van der Waals surface area contributed by atoms with Crippen molar-refractivity contribution >= 4 is 10.9 Å². The topological polar surface area (TPSA) is 73.7 Å². The first-order valence-corrected chi connectivity index (χ1v) is 9.07. The molecule has 29 heavy (non-hydrogen) atoms. The molecule has 1 heterocycles. The predicted molar refractivity (Wildman–Crippen MR) is 110 cm³/mol. The normalized spacial score (nSPS) is 11.8. The fourth-order valence-corrected chi connectivity index (χ4v) is 3.12. The average Bonchev–Trinajstić information content (AvgIpc) is 2.78. The largest absolute Gasteiger partial charge is 0.493 e. The van der Waals surface area contributed by atoms with Crippen LogP contribution in [0.3, 0.4) is 0 Å². The molecule has 3 aromatic carbocycles. The summed E-state index contributed by atoms with van der Waals surface area (Å²) in [5, 5.41) is 11.7. The summed E-state index contributed by atoms with van der Waals surface area (Å²) in [5.41, 5.74) is 1.85. The minimum absolute atomic E-state index is 0.493. The van der Waals surface area contributed by atoms with E-state index in [1.165, 1.54) is 6.33 Å². The first-order valence-electron chi connectivity index (χ1n) is 9.07. The smallest absolute Gasteiger partial charge is 0.162 e. The molecule has 4 rings (SSSR count). The Kier molecular flexibility index (Phi) is 5.27. The SMILES string of the molecule is COc1cc2ncnc([C@@H](O)c3ccc(Oc4ccccc4)cc3)c2cc1OC. The minimum atomic E-state index is -0.927. The molecule has 146 valence electrons. The Balaban J connectivity index is 1.65. The molecule has 4 aromatic rings. The highest BCUT2D eigenvalue weighted by atomic mass is 16.5. The number of hydrogen-bond acceptors (Lipinski definition) is 6. The number of benzene rings is 3. The van der Waals surface area contributed by atoms with Crippen molar-refractivity contribution in [2.24, 2.45) is 0 Å². The third-order valence-corrected chi connectivity index (χ3v) is 4.61. The van der Waals surface area contributed by atoms with E-state index in [0.717, 1.165) is 5.75 Å². The lowest BCUT2D eigenvalue weighted by atomic mass is 10.0. The maximum absolute atomic E-state index is 11.0. The van der Waals surface area contributed by atoms with Crippen LogP contribution >= 0.6 is 0 Å². The Bertz CT molecular complexity index is 1110. The van der Waals surface area contributed by atoms with E-state index in [1.54, 1.807) is 26.4 Å². The summed E-state index contributed by atoms with van der Waals surface area (Å²) < 4.78 is 16.5. The highest BCUT2D eigenvalue weighted by molar-refractivity contribution is 5.85. The van der Waals surface area contributed by atoms with Crippen LogP contribution in [-0.4, -0.2) is 29.3 Å². The second kappa shape index (κ2) is 8.16. The van der Waals surface area contributed by atoms with Gasteiger partial charge in [0.05, 0.1) is 25.4 Å². The van der Waals surface area contributed by atoms with Gasteiger partial charge in [-0.1, -0.05) is 30.3 Å². The Morgan fingerprint density at radius 1 is 0.793 bits per heavy atom. The Morgan fingerprint density at radius 3 is 2.14 bits per heavy atom. The monoisotopic (exact) mass is 388 g/mol. The van der Waals surface area contributed by atoms with Gasteiger partial charge in [0, 0.05) is 11.5 Å². The van der Waals surface area contributed by atoms with Crippen LogP contribution < -0.4 is 14.2 Å². The number of hydrogen-bond donors (Lipinski definition) is 1. The molecule has 0 spiro atoms. The van der Waals surface area contributed by atoms with Crippen molar-refractivity contribution in [1.29, 1.82) is 0 Å². The van der Waals surface area contributed by atoms with Crippen LogP contribution in [0.1, 0.15) is 17.4 Å². The molecule has 6 nitrogen and oxygen atoms in total. The van der Waals surface area contributed by atoms with Crippen molar-refractivity contribution in [3.8, 4) is 23.0 Å². The number of methoxy groups -OCH3 is 2. The summed E-state index contributed by atoms with van der Waals surface area (Å²) in [7, 11) is 3.13. The summed E-state index contributed by atoms with van der Waals surface area (Å²) >= 11 is 0. The van der Waals surface area contributed by atoms with Crippen LogP contribution in [0.25, 0.3) is 10.9 Å². The van der Waals surface area contributed by atoms with Gasteiger partial charge in [-0.3, -0.25) is 0 Å². The molecule has 0 saturated carbocycles. The van der Waals surface area contributed by atoms with Gasteiger partial charge in [0.25, 0.3) is 0 Å². The predicted octanol–water partition coefficient (Wildman–Crippen LogP) is 4.52. The van der Waals surface area contributed by atoms with Crippen molar-refractivity contribution < 1.29 is 19.3 Å². The number of nitrogens with zero attached hydrogens (tertiary/aromatic N) is 2. The van der Waals surface area contributed by atoms with Crippen molar-refractivity contribution in [2.75, 3.05) is 14.2 Å². The van der Waals surface area contributed by atoms with E-state index in [1.807, 2.05) is 54.6 Å². The molecule has 0 amide bonds. The Hall–Kier alpha value is -3.64. The zero-order chi connectivity index (χ0) is 20.2. The van der Waals surface area contributed by atoms with Gasteiger partial charge in [0.15, 0.2) is 11.5 Å². The third kappa shape index (κ3) is 3.83. The highest BCUT2D eigenvalue weighted by Gasteiger charge is 2.18. The van der Waals surface area contributed by atoms with Crippen LogP contribution in [-0.2, 0) is 0 Å². The lowest BCUT2D eigenvalue weighted by molar-refractivity contribution is 0.217. The number of para-hydroxylation sites is 1. The molecule has 0 saturated heterocycles. The van der Waals surface area contributed by atoms with Crippen LogP contribution in [0, 0.1) is 0 Å². The number of aliphatic hydroxyl groups excluding tert-OH is 1. The van der Waals surface area contributed by atoms with E-state index in [-0.39, 0.29) is 0 Å². The molecule has 0 radical (unpaired) electrons. The maximum atomic E-state index is 11.0. The molecular weight excluding hydrogens is 368 g/mol. The summed E-state index contributed by atoms with van der Waals surface area (Å²) in [4.78, 5) is 8.60. The zero-order valence-corrected chi connectivity index (χ0v) is 16.1. The molecule has 0 aliphatic carbocycles. The third-order valence-electron chi connectivity index (χ3n) is 4.61. The lowest BCUT2D eigenvalue weighted by Crippen LogP contribution is -2.04. The fraction of sp³-hybridized carbons (Fsp3) is 0.130. The highest BCUT2D eigenvalue weighted by Crippen LogP contribution is 2.35. The van der Waals surface area contributed by atoms with Crippen molar-refractivity contribution in [3.63, 3.8) is 0 Å². The van der Waals surface area contributed by atoms with Gasteiger partial charge >= 0.3 is 0 Å². The van der Waals surface area contributed by atoms with Gasteiger partial charge in [-0.2, -0.15) is 0 Å². The van der Waals surface area contributed by atoms with E-state index in [0.29, 0.717) is 39.4 Å². The molecule has 0 aliphatic rings. The Morgan fingerprint density at radius 2 is 1.45 bits per heavy atom. The number of fused-ring (bicyclic) bond motifs is 1. The standard InChI is InChI=1S/C23H20N2O4/c1-27-20-12-18-19(13-21(20)28-2)24-14-25-22(18)23(26)15-8-10-17(11-9-15)29-16-6-4-3-5-7-16/h3-14,23,26H,1-2H3/t23-/m0/s1. The average molecular weight is 388 g/mol. The molecular formula is C23H20N2O4. The fourth-order valence-electron chi connectivity index (χ4n) is 3.12. The van der Waals surface area contributed by atoms with Crippen LogP contribution in [0.5, 0.6) is 23.0 Å². The van der Waals surface area contributed by atoms with Crippen molar-refractivity contribution in [3.05, 3.63) is 84.3 Å². The zero-order valence-electron chi connectivity index (χ0n) is 16.1. The van der Waals surface area contributed by atoms with Crippen LogP contribution in [0.4, 0.5) is 0 Å².